The van der Waals surface area contributed by atoms with Crippen LogP contribution in [-0.4, -0.2) is 32.2 Å². The maximum atomic E-state index is 12.7. The monoisotopic (exact) mass is 397 g/mol. The molecule has 2 aliphatic heterocycles. The fourth-order valence-corrected chi connectivity index (χ4v) is 4.64. The van der Waals surface area contributed by atoms with Crippen molar-refractivity contribution in [2.45, 2.75) is 63.3 Å². The average molecular weight is 398 g/mol. The molecule has 1 amide bonds. The smallest absolute Gasteiger partial charge is 0.286 e. The molecule has 3 rings (SSSR count). The minimum atomic E-state index is -3.84. The number of carbonyl (C=O) groups is 1. The number of benzene rings is 1. The third-order valence-electron chi connectivity index (χ3n) is 5.02. The van der Waals surface area contributed by atoms with Crippen molar-refractivity contribution in [2.75, 3.05) is 11.4 Å². The zero-order valence-corrected chi connectivity index (χ0v) is 16.9. The van der Waals surface area contributed by atoms with Gasteiger partial charge in [-0.2, -0.15) is 8.42 Å². The molecule has 142 valence electrons. The summed E-state index contributed by atoms with van der Waals surface area (Å²) in [5.41, 5.74) is 0.267. The summed E-state index contributed by atoms with van der Waals surface area (Å²) in [6.07, 6.45) is 4.28. The Labute approximate surface area is 159 Å². The molecule has 1 fully saturated rings. The highest BCUT2D eigenvalue weighted by Crippen LogP contribution is 2.38. The van der Waals surface area contributed by atoms with E-state index in [9.17, 15) is 13.2 Å². The second-order valence-corrected chi connectivity index (χ2v) is 9.42. The van der Waals surface area contributed by atoms with Gasteiger partial charge in [0.1, 0.15) is 10.7 Å². The van der Waals surface area contributed by atoms with Crippen molar-refractivity contribution in [1.29, 1.82) is 0 Å². The number of amidine groups is 1. The van der Waals surface area contributed by atoms with Crippen LogP contribution < -0.4 is 10.2 Å². The van der Waals surface area contributed by atoms with Crippen LogP contribution in [0.5, 0.6) is 0 Å². The van der Waals surface area contributed by atoms with Gasteiger partial charge in [0.25, 0.3) is 15.9 Å². The number of carbonyl (C=O) groups excluding carboxylic acids is 1. The molecule has 1 N–H and O–H groups in total. The molecule has 0 spiro atoms. The van der Waals surface area contributed by atoms with Crippen molar-refractivity contribution in [3.05, 3.63) is 22.7 Å². The van der Waals surface area contributed by atoms with Gasteiger partial charge in [-0.25, -0.2) is 0 Å². The van der Waals surface area contributed by atoms with Gasteiger partial charge in [-0.05, 0) is 45.2 Å². The first kappa shape index (κ1) is 19.2. The van der Waals surface area contributed by atoms with Crippen LogP contribution in [0, 0.1) is 0 Å². The van der Waals surface area contributed by atoms with E-state index in [2.05, 4.69) is 9.71 Å². The number of hydrogen-bond acceptors (Lipinski definition) is 4. The predicted molar refractivity (Wildman–Crippen MR) is 104 cm³/mol. The third kappa shape index (κ3) is 3.60. The number of nitrogens with one attached hydrogen (secondary N) is 1. The largest absolute Gasteiger partial charge is 0.347 e. The molecule has 8 heteroatoms. The van der Waals surface area contributed by atoms with Crippen molar-refractivity contribution >= 4 is 39.1 Å². The standard InChI is InChI=1S/C18H24ClN3O3S/c1-4-18(2,3)20-17(23)12-10-15-14(11-13(12)19)22-9-7-5-6-8-16(22)21-26(15,24)25/h10-11H,4-9H2,1-3H3,(H,20,23). The quantitative estimate of drug-likeness (QED) is 0.842. The number of rotatable bonds is 3. The Kier molecular flexibility index (Phi) is 5.05. The van der Waals surface area contributed by atoms with E-state index < -0.39 is 15.6 Å². The van der Waals surface area contributed by atoms with E-state index in [4.69, 9.17) is 11.6 Å². The molecule has 26 heavy (non-hydrogen) atoms. The van der Waals surface area contributed by atoms with Crippen molar-refractivity contribution < 1.29 is 13.2 Å². The molecule has 1 saturated heterocycles. The molecule has 1 aromatic carbocycles. The SMILES string of the molecule is CCC(C)(C)NC(=O)c1cc2c(cc1Cl)N1CCCCCC1=NS2(=O)=O. The lowest BCUT2D eigenvalue weighted by molar-refractivity contribution is 0.0911. The van der Waals surface area contributed by atoms with Crippen LogP contribution in [0.4, 0.5) is 5.69 Å². The summed E-state index contributed by atoms with van der Waals surface area (Å²) >= 11 is 6.37. The van der Waals surface area contributed by atoms with E-state index >= 15 is 0 Å². The summed E-state index contributed by atoms with van der Waals surface area (Å²) in [6.45, 7) is 6.48. The second kappa shape index (κ2) is 6.85. The highest BCUT2D eigenvalue weighted by Gasteiger charge is 2.33. The second-order valence-electron chi connectivity index (χ2n) is 7.44. The number of anilines is 1. The van der Waals surface area contributed by atoms with Gasteiger partial charge in [-0.1, -0.05) is 24.9 Å². The van der Waals surface area contributed by atoms with Crippen molar-refractivity contribution in [2.24, 2.45) is 4.40 Å². The first-order valence-corrected chi connectivity index (χ1v) is 10.7. The summed E-state index contributed by atoms with van der Waals surface area (Å²) in [5, 5.41) is 3.14. The van der Waals surface area contributed by atoms with Gasteiger partial charge in [0.05, 0.1) is 16.3 Å². The Morgan fingerprint density at radius 1 is 1.31 bits per heavy atom. The zero-order chi connectivity index (χ0) is 19.1. The fourth-order valence-electron chi connectivity index (χ4n) is 3.13. The van der Waals surface area contributed by atoms with Crippen LogP contribution in [0.25, 0.3) is 0 Å². The molecule has 0 radical (unpaired) electrons. The van der Waals surface area contributed by atoms with Crippen LogP contribution in [0.3, 0.4) is 0 Å². The van der Waals surface area contributed by atoms with E-state index in [1.165, 1.54) is 6.07 Å². The number of nitrogens with zero attached hydrogens (tertiary/aromatic N) is 2. The lowest BCUT2D eigenvalue weighted by Gasteiger charge is -2.30. The Hall–Kier alpha value is -1.60. The first-order valence-electron chi connectivity index (χ1n) is 8.92. The van der Waals surface area contributed by atoms with Gasteiger partial charge in [-0.3, -0.25) is 4.79 Å². The van der Waals surface area contributed by atoms with Gasteiger partial charge in [-0.15, -0.1) is 4.40 Å². The normalized spacial score (nSPS) is 19.1. The van der Waals surface area contributed by atoms with E-state index in [0.717, 1.165) is 25.7 Å². The van der Waals surface area contributed by atoms with E-state index in [1.807, 2.05) is 25.7 Å². The average Bonchev–Trinajstić information content (AvgIpc) is 2.78. The summed E-state index contributed by atoms with van der Waals surface area (Å²) in [6, 6.07) is 2.95. The molecule has 0 bridgehead atoms. The molecule has 0 aromatic heterocycles. The van der Waals surface area contributed by atoms with Crippen LogP contribution >= 0.6 is 11.6 Å². The van der Waals surface area contributed by atoms with Crippen molar-refractivity contribution in [3.8, 4) is 0 Å². The topological polar surface area (TPSA) is 78.8 Å². The Bertz CT molecular complexity index is 878. The molecule has 0 aliphatic carbocycles. The molecule has 0 saturated carbocycles. The Morgan fingerprint density at radius 2 is 2.04 bits per heavy atom. The fraction of sp³-hybridized carbons (Fsp3) is 0.556. The van der Waals surface area contributed by atoms with E-state index in [-0.39, 0.29) is 21.4 Å². The number of sulfonamides is 1. The van der Waals surface area contributed by atoms with E-state index in [1.54, 1.807) is 6.07 Å². The maximum Gasteiger partial charge on any atom is 0.286 e. The predicted octanol–water partition coefficient (Wildman–Crippen LogP) is 3.74. The lowest BCUT2D eigenvalue weighted by atomic mass is 10.0. The maximum absolute atomic E-state index is 12.7. The van der Waals surface area contributed by atoms with Crippen LogP contribution in [0.2, 0.25) is 5.02 Å². The van der Waals surface area contributed by atoms with Gasteiger partial charge in [0, 0.05) is 18.5 Å². The summed E-state index contributed by atoms with van der Waals surface area (Å²) < 4.78 is 29.4. The number of fused-ring (bicyclic) bond motifs is 3. The highest BCUT2D eigenvalue weighted by molar-refractivity contribution is 7.90. The molecule has 0 atom stereocenters. The van der Waals surface area contributed by atoms with Crippen LogP contribution in [0.15, 0.2) is 21.4 Å². The van der Waals surface area contributed by atoms with Crippen molar-refractivity contribution in [3.63, 3.8) is 0 Å². The zero-order valence-electron chi connectivity index (χ0n) is 15.3. The Balaban J connectivity index is 2.07. The van der Waals surface area contributed by atoms with Crippen molar-refractivity contribution in [1.82, 2.24) is 5.32 Å². The first-order chi connectivity index (χ1) is 12.1. The van der Waals surface area contributed by atoms with Gasteiger partial charge in [0.15, 0.2) is 0 Å². The minimum absolute atomic E-state index is 0.0482. The molecule has 2 aliphatic rings. The van der Waals surface area contributed by atoms with Gasteiger partial charge >= 0.3 is 0 Å². The van der Waals surface area contributed by atoms with Gasteiger partial charge in [0.2, 0.25) is 0 Å². The van der Waals surface area contributed by atoms with Gasteiger partial charge < -0.3 is 10.2 Å². The lowest BCUT2D eigenvalue weighted by Crippen LogP contribution is -2.43. The molecular formula is C18H24ClN3O3S. The molecule has 2 heterocycles. The molecular weight excluding hydrogens is 374 g/mol. The minimum Gasteiger partial charge on any atom is -0.347 e. The number of hydrogen-bond donors (Lipinski definition) is 1. The van der Waals surface area contributed by atoms with Crippen LogP contribution in [-0.2, 0) is 10.0 Å². The van der Waals surface area contributed by atoms with Crippen LogP contribution in [0.1, 0.15) is 63.2 Å². The molecule has 6 nitrogen and oxygen atoms in total. The third-order valence-corrected chi connectivity index (χ3v) is 6.66. The summed E-state index contributed by atoms with van der Waals surface area (Å²) in [4.78, 5) is 14.6. The Morgan fingerprint density at radius 3 is 2.73 bits per heavy atom. The summed E-state index contributed by atoms with van der Waals surface area (Å²) in [7, 11) is -3.84. The molecule has 1 aromatic rings. The highest BCUT2D eigenvalue weighted by atomic mass is 35.5. The van der Waals surface area contributed by atoms with E-state index in [0.29, 0.717) is 24.5 Å². The number of halogens is 1. The summed E-state index contributed by atoms with van der Waals surface area (Å²) in [5.74, 6) is 0.181. The molecule has 0 unspecified atom stereocenters. The number of amides is 1.